The Morgan fingerprint density at radius 2 is 1.48 bits per heavy atom. The molecule has 0 spiro atoms. The van der Waals surface area contributed by atoms with E-state index in [1.807, 2.05) is 0 Å². The average Bonchev–Trinajstić information content (AvgIpc) is 3.16. The second-order valence-corrected chi connectivity index (χ2v) is 4.82. The van der Waals surface area contributed by atoms with Gasteiger partial charge in [0.2, 0.25) is 0 Å². The molecular formula is C13H13F6NO. The van der Waals surface area contributed by atoms with Crippen LogP contribution in [-0.4, -0.2) is 19.2 Å². The Labute approximate surface area is 117 Å². The van der Waals surface area contributed by atoms with Gasteiger partial charge in [0, 0.05) is 12.6 Å². The summed E-state index contributed by atoms with van der Waals surface area (Å²) < 4.78 is 80.6. The smallest absolute Gasteiger partial charge is 0.416 e. The molecule has 8 heteroatoms. The fourth-order valence-electron chi connectivity index (χ4n) is 1.73. The predicted octanol–water partition coefficient (Wildman–Crippen LogP) is 3.86. The molecule has 0 heterocycles. The zero-order valence-electron chi connectivity index (χ0n) is 10.8. The minimum atomic E-state index is -4.86. The zero-order valence-corrected chi connectivity index (χ0v) is 10.8. The molecule has 1 aliphatic carbocycles. The maximum atomic E-state index is 12.6. The third-order valence-corrected chi connectivity index (χ3v) is 2.94. The molecular weight excluding hydrogens is 300 g/mol. The van der Waals surface area contributed by atoms with Gasteiger partial charge >= 0.3 is 12.4 Å². The summed E-state index contributed by atoms with van der Waals surface area (Å²) in [5, 5.41) is 3.05. The van der Waals surface area contributed by atoms with Crippen LogP contribution in [0.1, 0.15) is 24.0 Å². The lowest BCUT2D eigenvalue weighted by molar-refractivity contribution is -0.143. The van der Waals surface area contributed by atoms with E-state index in [9.17, 15) is 26.3 Å². The van der Waals surface area contributed by atoms with E-state index in [-0.39, 0.29) is 12.7 Å². The van der Waals surface area contributed by atoms with E-state index in [2.05, 4.69) is 5.32 Å². The first kappa shape index (κ1) is 15.9. The first-order valence-electron chi connectivity index (χ1n) is 6.32. The average molecular weight is 313 g/mol. The van der Waals surface area contributed by atoms with Gasteiger partial charge in [-0.25, -0.2) is 0 Å². The normalized spacial score (nSPS) is 16.1. The summed E-state index contributed by atoms with van der Waals surface area (Å²) in [5.41, 5.74) is -2.75. The van der Waals surface area contributed by atoms with Gasteiger partial charge < -0.3 is 10.1 Å². The third kappa shape index (κ3) is 4.80. The molecule has 0 radical (unpaired) electrons. The Morgan fingerprint density at radius 3 is 1.90 bits per heavy atom. The molecule has 1 aromatic rings. The minimum Gasteiger partial charge on any atom is -0.492 e. The molecule has 0 bridgehead atoms. The van der Waals surface area contributed by atoms with Crippen molar-refractivity contribution in [3.8, 4) is 5.75 Å². The van der Waals surface area contributed by atoms with Gasteiger partial charge in [-0.3, -0.25) is 0 Å². The lowest BCUT2D eigenvalue weighted by Gasteiger charge is -2.15. The van der Waals surface area contributed by atoms with Crippen LogP contribution >= 0.6 is 0 Å². The Morgan fingerprint density at radius 1 is 0.952 bits per heavy atom. The number of halogens is 6. The van der Waals surface area contributed by atoms with Crippen molar-refractivity contribution in [1.82, 2.24) is 5.32 Å². The summed E-state index contributed by atoms with van der Waals surface area (Å²) in [7, 11) is 0. The van der Waals surface area contributed by atoms with Crippen LogP contribution in [0.2, 0.25) is 0 Å². The van der Waals surface area contributed by atoms with Gasteiger partial charge in [0.15, 0.2) is 0 Å². The Kier molecular flexibility index (Phi) is 4.36. The number of benzene rings is 1. The van der Waals surface area contributed by atoms with Crippen LogP contribution in [0.5, 0.6) is 5.75 Å². The number of hydrogen-bond donors (Lipinski definition) is 1. The van der Waals surface area contributed by atoms with Crippen LogP contribution < -0.4 is 10.1 Å². The van der Waals surface area contributed by atoms with E-state index in [1.165, 1.54) is 0 Å². The van der Waals surface area contributed by atoms with Crippen molar-refractivity contribution < 1.29 is 31.1 Å². The van der Waals surface area contributed by atoms with Gasteiger partial charge in [-0.05, 0) is 31.0 Å². The van der Waals surface area contributed by atoms with Gasteiger partial charge in [-0.15, -0.1) is 0 Å². The fraction of sp³-hybridized carbons (Fsp3) is 0.538. The highest BCUT2D eigenvalue weighted by Crippen LogP contribution is 2.38. The molecule has 0 aromatic heterocycles. The van der Waals surface area contributed by atoms with Crippen LogP contribution in [0.3, 0.4) is 0 Å². The highest BCUT2D eigenvalue weighted by Gasteiger charge is 2.37. The number of alkyl halides is 6. The molecule has 0 aliphatic heterocycles. The summed E-state index contributed by atoms with van der Waals surface area (Å²) >= 11 is 0. The lowest BCUT2D eigenvalue weighted by atomic mass is 10.1. The summed E-state index contributed by atoms with van der Waals surface area (Å²) in [5.74, 6) is -0.435. The second-order valence-electron chi connectivity index (χ2n) is 4.82. The quantitative estimate of drug-likeness (QED) is 0.658. The molecule has 0 atom stereocenters. The SMILES string of the molecule is FC(F)(F)c1cc(OCCNC2CC2)cc(C(F)(F)F)c1. The molecule has 1 aromatic carbocycles. The topological polar surface area (TPSA) is 21.3 Å². The van der Waals surface area contributed by atoms with E-state index < -0.39 is 29.2 Å². The number of nitrogens with one attached hydrogen (secondary N) is 1. The van der Waals surface area contributed by atoms with E-state index in [1.54, 1.807) is 0 Å². The molecule has 0 saturated heterocycles. The van der Waals surface area contributed by atoms with Gasteiger partial charge in [0.1, 0.15) is 12.4 Å². The number of hydrogen-bond acceptors (Lipinski definition) is 2. The second kappa shape index (κ2) is 5.75. The standard InChI is InChI=1S/C13H13F6NO/c14-12(15,16)8-5-9(13(17,18)19)7-11(6-8)21-4-3-20-10-1-2-10/h5-7,10,20H,1-4H2. The van der Waals surface area contributed by atoms with Crippen molar-refractivity contribution in [3.05, 3.63) is 29.3 Å². The van der Waals surface area contributed by atoms with Crippen LogP contribution in [0, 0.1) is 0 Å². The summed E-state index contributed by atoms with van der Waals surface area (Å²) in [6.45, 7) is 0.386. The maximum Gasteiger partial charge on any atom is 0.416 e. The highest BCUT2D eigenvalue weighted by atomic mass is 19.4. The summed E-state index contributed by atoms with van der Waals surface area (Å²) in [4.78, 5) is 0. The molecule has 1 N–H and O–H groups in total. The molecule has 1 saturated carbocycles. The molecule has 0 amide bonds. The van der Waals surface area contributed by atoms with Crippen molar-refractivity contribution >= 4 is 0 Å². The Hall–Kier alpha value is -1.44. The summed E-state index contributed by atoms with van der Waals surface area (Å²) in [6, 6.07) is 1.62. The van der Waals surface area contributed by atoms with Crippen LogP contribution in [0.25, 0.3) is 0 Å². The van der Waals surface area contributed by atoms with E-state index in [4.69, 9.17) is 4.74 Å². The Bertz CT molecular complexity index is 460. The van der Waals surface area contributed by atoms with Crippen LogP contribution in [0.15, 0.2) is 18.2 Å². The fourth-order valence-corrected chi connectivity index (χ4v) is 1.73. The third-order valence-electron chi connectivity index (χ3n) is 2.94. The van der Waals surface area contributed by atoms with Crippen molar-refractivity contribution in [1.29, 1.82) is 0 Å². The molecule has 118 valence electrons. The molecule has 2 rings (SSSR count). The van der Waals surface area contributed by atoms with Crippen LogP contribution in [0.4, 0.5) is 26.3 Å². The number of ether oxygens (including phenoxy) is 1. The van der Waals surface area contributed by atoms with Crippen molar-refractivity contribution in [2.24, 2.45) is 0 Å². The Balaban J connectivity index is 2.10. The minimum absolute atomic E-state index is 0.00904. The monoisotopic (exact) mass is 313 g/mol. The van der Waals surface area contributed by atoms with Gasteiger partial charge in [0.05, 0.1) is 11.1 Å². The maximum absolute atomic E-state index is 12.6. The highest BCUT2D eigenvalue weighted by molar-refractivity contribution is 5.37. The molecule has 2 nitrogen and oxygen atoms in total. The van der Waals surface area contributed by atoms with Crippen LogP contribution in [-0.2, 0) is 12.4 Å². The van der Waals surface area contributed by atoms with Gasteiger partial charge in [-0.1, -0.05) is 0 Å². The van der Waals surface area contributed by atoms with E-state index in [0.29, 0.717) is 24.7 Å². The van der Waals surface area contributed by atoms with Gasteiger partial charge in [0.25, 0.3) is 0 Å². The van der Waals surface area contributed by atoms with E-state index in [0.717, 1.165) is 12.8 Å². The van der Waals surface area contributed by atoms with E-state index >= 15 is 0 Å². The molecule has 21 heavy (non-hydrogen) atoms. The molecule has 1 fully saturated rings. The molecule has 1 aliphatic rings. The van der Waals surface area contributed by atoms with Gasteiger partial charge in [-0.2, -0.15) is 26.3 Å². The molecule has 0 unspecified atom stereocenters. The lowest BCUT2D eigenvalue weighted by Crippen LogP contribution is -2.23. The van der Waals surface area contributed by atoms with Crippen molar-refractivity contribution in [3.63, 3.8) is 0 Å². The number of rotatable bonds is 5. The van der Waals surface area contributed by atoms with Crippen molar-refractivity contribution in [2.75, 3.05) is 13.2 Å². The van der Waals surface area contributed by atoms with Crippen molar-refractivity contribution in [2.45, 2.75) is 31.2 Å². The predicted molar refractivity (Wildman–Crippen MR) is 63.0 cm³/mol. The zero-order chi connectivity index (χ0) is 15.7. The first-order chi connectivity index (χ1) is 9.66. The summed E-state index contributed by atoms with van der Waals surface area (Å²) in [6.07, 6.45) is -7.65. The largest absolute Gasteiger partial charge is 0.492 e. The first-order valence-corrected chi connectivity index (χ1v) is 6.32.